The van der Waals surface area contributed by atoms with E-state index in [0.29, 0.717) is 5.69 Å². The molecule has 34 heavy (non-hydrogen) atoms. The number of aryl methyl sites for hydroxylation is 1. The van der Waals surface area contributed by atoms with Gasteiger partial charge in [-0.3, -0.25) is 0 Å². The Kier molecular flexibility index (Phi) is 6.90. The molecule has 0 atom stereocenters. The van der Waals surface area contributed by atoms with Gasteiger partial charge >= 0.3 is 16.2 Å². The molecular formula is C26H37N3O4S. The summed E-state index contributed by atoms with van der Waals surface area (Å²) in [4.78, 5) is 16.8. The van der Waals surface area contributed by atoms with Crippen molar-refractivity contribution in [3.05, 3.63) is 52.1 Å². The van der Waals surface area contributed by atoms with E-state index < -0.39 is 16.2 Å². The molecule has 1 aliphatic rings. The standard InChI is InChI=1S/C26H37N3O4S/c1-10-33-24(30)23-27-19(16-29(23)34(31,32)28(8)9)13-17(2)20-15-22-21(14-18(20)3)25(4,5)11-12-26(22,6)7/h13-16H,10-12H2,1-9H3. The molecular weight excluding hydrogens is 450 g/mol. The molecule has 1 aliphatic carbocycles. The van der Waals surface area contributed by atoms with Crippen LogP contribution in [0.4, 0.5) is 0 Å². The van der Waals surface area contributed by atoms with Gasteiger partial charge in [0.05, 0.1) is 12.3 Å². The van der Waals surface area contributed by atoms with Gasteiger partial charge in [-0.05, 0) is 78.3 Å². The number of esters is 1. The summed E-state index contributed by atoms with van der Waals surface area (Å²) in [6.07, 6.45) is 5.45. The summed E-state index contributed by atoms with van der Waals surface area (Å²) in [5.74, 6) is -1.04. The number of allylic oxidation sites excluding steroid dienone is 1. The van der Waals surface area contributed by atoms with E-state index in [-0.39, 0.29) is 23.3 Å². The van der Waals surface area contributed by atoms with Crippen LogP contribution in [0.3, 0.4) is 0 Å². The van der Waals surface area contributed by atoms with Crippen LogP contribution in [-0.2, 0) is 25.8 Å². The first-order valence-electron chi connectivity index (χ1n) is 11.7. The Labute approximate surface area is 204 Å². The number of ether oxygens (including phenoxy) is 1. The summed E-state index contributed by atoms with van der Waals surface area (Å²) >= 11 is 0. The highest BCUT2D eigenvalue weighted by Gasteiger charge is 2.37. The van der Waals surface area contributed by atoms with Crippen LogP contribution in [0.5, 0.6) is 0 Å². The Balaban J connectivity index is 2.14. The number of imidazole rings is 1. The second kappa shape index (κ2) is 8.96. The molecule has 1 aromatic carbocycles. The molecule has 2 aromatic rings. The highest BCUT2D eigenvalue weighted by molar-refractivity contribution is 7.87. The minimum absolute atomic E-state index is 0.0754. The first-order chi connectivity index (χ1) is 15.6. The molecule has 7 nitrogen and oxygen atoms in total. The van der Waals surface area contributed by atoms with E-state index in [0.717, 1.165) is 37.8 Å². The highest BCUT2D eigenvalue weighted by atomic mass is 32.2. The number of nitrogens with zero attached hydrogens (tertiary/aromatic N) is 3. The lowest BCUT2D eigenvalue weighted by atomic mass is 9.62. The number of carbonyl (C=O) groups is 1. The Hall–Kier alpha value is -2.45. The molecule has 0 amide bonds. The van der Waals surface area contributed by atoms with Crippen LogP contribution in [0.1, 0.15) is 93.0 Å². The summed E-state index contributed by atoms with van der Waals surface area (Å²) in [5, 5.41) is 0. The van der Waals surface area contributed by atoms with Crippen LogP contribution in [0, 0.1) is 6.92 Å². The molecule has 1 heterocycles. The Morgan fingerprint density at radius 1 is 1.15 bits per heavy atom. The molecule has 0 bridgehead atoms. The van der Waals surface area contributed by atoms with Crippen LogP contribution in [-0.4, -0.2) is 48.4 Å². The van der Waals surface area contributed by atoms with Crippen molar-refractivity contribution in [1.29, 1.82) is 0 Å². The monoisotopic (exact) mass is 487 g/mol. The van der Waals surface area contributed by atoms with E-state index in [4.69, 9.17) is 4.74 Å². The van der Waals surface area contributed by atoms with Gasteiger partial charge in [-0.1, -0.05) is 39.8 Å². The van der Waals surface area contributed by atoms with Crippen molar-refractivity contribution >= 4 is 27.8 Å². The van der Waals surface area contributed by atoms with Crippen LogP contribution < -0.4 is 0 Å². The van der Waals surface area contributed by atoms with Crippen molar-refractivity contribution < 1.29 is 17.9 Å². The van der Waals surface area contributed by atoms with Crippen LogP contribution in [0.2, 0.25) is 0 Å². The zero-order valence-corrected chi connectivity index (χ0v) is 22.6. The molecule has 0 aliphatic heterocycles. The fourth-order valence-electron chi connectivity index (χ4n) is 4.58. The maximum absolute atomic E-state index is 12.8. The predicted molar refractivity (Wildman–Crippen MR) is 136 cm³/mol. The molecule has 1 aromatic heterocycles. The molecule has 3 rings (SSSR count). The van der Waals surface area contributed by atoms with Gasteiger partial charge in [-0.2, -0.15) is 12.7 Å². The number of rotatable bonds is 6. The summed E-state index contributed by atoms with van der Waals surface area (Å²) in [5.41, 5.74) is 6.51. The third kappa shape index (κ3) is 4.70. The number of benzene rings is 1. The fourth-order valence-corrected chi connectivity index (χ4v) is 5.51. The van der Waals surface area contributed by atoms with Crippen molar-refractivity contribution in [2.75, 3.05) is 20.7 Å². The van der Waals surface area contributed by atoms with Gasteiger partial charge in [-0.15, -0.1) is 0 Å². The Bertz CT molecular complexity index is 1250. The molecule has 0 radical (unpaired) electrons. The number of aromatic nitrogens is 2. The van der Waals surface area contributed by atoms with Crippen LogP contribution in [0.15, 0.2) is 18.3 Å². The third-order valence-corrected chi connectivity index (χ3v) is 8.55. The smallest absolute Gasteiger partial charge is 0.375 e. The zero-order chi connectivity index (χ0) is 25.6. The van der Waals surface area contributed by atoms with Gasteiger partial charge in [0.1, 0.15) is 0 Å². The van der Waals surface area contributed by atoms with Crippen LogP contribution >= 0.6 is 0 Å². The lowest BCUT2D eigenvalue weighted by Crippen LogP contribution is -2.34. The van der Waals surface area contributed by atoms with E-state index in [1.54, 1.807) is 6.92 Å². The fraction of sp³-hybridized carbons (Fsp3) is 0.538. The van der Waals surface area contributed by atoms with Gasteiger partial charge in [0.2, 0.25) is 5.82 Å². The van der Waals surface area contributed by atoms with Crippen LogP contribution in [0.25, 0.3) is 11.6 Å². The van der Waals surface area contributed by atoms with Crippen molar-refractivity contribution in [2.24, 2.45) is 0 Å². The molecule has 0 spiro atoms. The molecule has 8 heteroatoms. The van der Waals surface area contributed by atoms with Gasteiger partial charge in [0.15, 0.2) is 0 Å². The number of fused-ring (bicyclic) bond motifs is 1. The van der Waals surface area contributed by atoms with Gasteiger partial charge in [0, 0.05) is 20.3 Å². The maximum atomic E-state index is 12.8. The van der Waals surface area contributed by atoms with E-state index in [2.05, 4.69) is 51.7 Å². The van der Waals surface area contributed by atoms with E-state index in [1.807, 2.05) is 13.0 Å². The summed E-state index contributed by atoms with van der Waals surface area (Å²) in [7, 11) is -1.13. The minimum Gasteiger partial charge on any atom is -0.460 e. The average Bonchev–Trinajstić information content (AvgIpc) is 3.16. The highest BCUT2D eigenvalue weighted by Crippen LogP contribution is 2.47. The molecule has 0 saturated carbocycles. The second-order valence-corrected chi connectivity index (χ2v) is 12.6. The van der Waals surface area contributed by atoms with Crippen molar-refractivity contribution in [3.8, 4) is 0 Å². The van der Waals surface area contributed by atoms with E-state index in [9.17, 15) is 13.2 Å². The maximum Gasteiger partial charge on any atom is 0.375 e. The predicted octanol–water partition coefficient (Wildman–Crippen LogP) is 4.93. The quantitative estimate of drug-likeness (QED) is 0.540. The topological polar surface area (TPSA) is 81.5 Å². The van der Waals surface area contributed by atoms with E-state index in [1.165, 1.54) is 31.4 Å². The molecule has 0 saturated heterocycles. The molecule has 0 unspecified atom stereocenters. The first-order valence-corrected chi connectivity index (χ1v) is 13.1. The normalized spacial score (nSPS) is 17.5. The Morgan fingerprint density at radius 3 is 2.24 bits per heavy atom. The van der Waals surface area contributed by atoms with Gasteiger partial charge in [0.25, 0.3) is 0 Å². The number of hydrogen-bond acceptors (Lipinski definition) is 5. The summed E-state index contributed by atoms with van der Waals surface area (Å²) < 4.78 is 32.6. The summed E-state index contributed by atoms with van der Waals surface area (Å²) in [6.45, 7) is 15.1. The van der Waals surface area contributed by atoms with Crippen molar-refractivity contribution in [1.82, 2.24) is 13.3 Å². The number of carbonyl (C=O) groups excluding carboxylic acids is 1. The molecule has 0 N–H and O–H groups in total. The van der Waals surface area contributed by atoms with Gasteiger partial charge < -0.3 is 4.74 Å². The molecule has 186 valence electrons. The second-order valence-electron chi connectivity index (χ2n) is 10.6. The lowest BCUT2D eigenvalue weighted by Gasteiger charge is -2.42. The number of hydrogen-bond donors (Lipinski definition) is 0. The SMILES string of the molecule is CCOC(=O)c1nc(C=C(C)c2cc3c(cc2C)C(C)(C)CCC3(C)C)cn1S(=O)(=O)N(C)C. The van der Waals surface area contributed by atoms with E-state index >= 15 is 0 Å². The summed E-state index contributed by atoms with van der Waals surface area (Å²) in [6, 6.07) is 4.57. The molecule has 0 fully saturated rings. The van der Waals surface area contributed by atoms with Crippen molar-refractivity contribution in [3.63, 3.8) is 0 Å². The average molecular weight is 488 g/mol. The third-order valence-electron chi connectivity index (χ3n) is 6.85. The lowest BCUT2D eigenvalue weighted by molar-refractivity contribution is 0.0511. The Morgan fingerprint density at radius 2 is 1.71 bits per heavy atom. The van der Waals surface area contributed by atoms with Crippen molar-refractivity contribution in [2.45, 2.75) is 72.1 Å². The largest absolute Gasteiger partial charge is 0.460 e. The minimum atomic E-state index is -3.94. The van der Waals surface area contributed by atoms with Gasteiger partial charge in [-0.25, -0.2) is 13.8 Å². The first kappa shape index (κ1) is 26.2. The zero-order valence-electron chi connectivity index (χ0n) is 21.8.